The van der Waals surface area contributed by atoms with Gasteiger partial charge in [-0.05, 0) is 26.0 Å². The standard InChI is InChI=1S/C18H27F2N3O/c1-5-8-12-22-18(24)13-17(21-11-6-2)23-14(4)15(7-3)16(20)9-10-19/h7-10,12-13,18,21-22,24H,3,5-6,11H2,1-2,4H3/b10-9+,12-8+,16-15-,17-13-,23-14+. The number of aliphatic hydroxyl groups is 1. The molecule has 0 aliphatic heterocycles. The monoisotopic (exact) mass is 339 g/mol. The van der Waals surface area contributed by atoms with E-state index in [1.807, 2.05) is 19.9 Å². The first kappa shape index (κ1) is 21.8. The molecule has 0 aliphatic carbocycles. The van der Waals surface area contributed by atoms with Crippen LogP contribution in [0.1, 0.15) is 33.6 Å². The van der Waals surface area contributed by atoms with Gasteiger partial charge in [0.2, 0.25) is 0 Å². The van der Waals surface area contributed by atoms with E-state index in [2.05, 4.69) is 22.2 Å². The van der Waals surface area contributed by atoms with E-state index >= 15 is 0 Å². The first-order valence-corrected chi connectivity index (χ1v) is 7.89. The molecule has 0 saturated heterocycles. The molecule has 0 saturated carbocycles. The van der Waals surface area contributed by atoms with E-state index in [1.54, 1.807) is 13.1 Å². The number of aliphatic hydroxyl groups excluding tert-OH is 1. The van der Waals surface area contributed by atoms with Gasteiger partial charge in [0.1, 0.15) is 17.9 Å². The van der Waals surface area contributed by atoms with Crippen molar-refractivity contribution in [2.24, 2.45) is 4.99 Å². The fourth-order valence-corrected chi connectivity index (χ4v) is 1.67. The minimum absolute atomic E-state index is 0.0847. The Morgan fingerprint density at radius 2 is 2.08 bits per heavy atom. The van der Waals surface area contributed by atoms with Crippen LogP contribution in [-0.4, -0.2) is 23.6 Å². The van der Waals surface area contributed by atoms with E-state index in [1.165, 1.54) is 12.2 Å². The molecule has 1 unspecified atom stereocenters. The summed E-state index contributed by atoms with van der Waals surface area (Å²) >= 11 is 0. The van der Waals surface area contributed by atoms with Crippen LogP contribution in [0.2, 0.25) is 0 Å². The highest BCUT2D eigenvalue weighted by Crippen LogP contribution is 2.13. The summed E-state index contributed by atoms with van der Waals surface area (Å²) in [6, 6.07) is 0. The normalized spacial score (nSPS) is 15.6. The zero-order valence-corrected chi connectivity index (χ0v) is 14.5. The Labute approximate surface area is 143 Å². The summed E-state index contributed by atoms with van der Waals surface area (Å²) in [5.41, 5.74) is 0.396. The van der Waals surface area contributed by atoms with Crippen molar-refractivity contribution >= 4 is 5.71 Å². The maximum atomic E-state index is 13.8. The van der Waals surface area contributed by atoms with Crippen molar-refractivity contribution in [2.75, 3.05) is 6.54 Å². The molecular weight excluding hydrogens is 312 g/mol. The maximum absolute atomic E-state index is 13.8. The summed E-state index contributed by atoms with van der Waals surface area (Å²) in [6.45, 7) is 9.71. The topological polar surface area (TPSA) is 56.7 Å². The lowest BCUT2D eigenvalue weighted by atomic mass is 10.1. The molecule has 6 heteroatoms. The van der Waals surface area contributed by atoms with Gasteiger partial charge >= 0.3 is 0 Å². The Hall–Kier alpha value is -2.21. The molecule has 24 heavy (non-hydrogen) atoms. The van der Waals surface area contributed by atoms with Gasteiger partial charge in [0.05, 0.1) is 6.33 Å². The molecule has 0 aromatic rings. The average molecular weight is 339 g/mol. The fraction of sp³-hybridized carbons (Fsp3) is 0.389. The SMILES string of the molecule is C=CC(=C(F)\C=C\F)/C(C)=N/C(=C\C(O)N/C=C/CC)NCCC. The summed E-state index contributed by atoms with van der Waals surface area (Å²) < 4.78 is 25.9. The van der Waals surface area contributed by atoms with Gasteiger partial charge in [-0.3, -0.25) is 0 Å². The molecule has 0 amide bonds. The summed E-state index contributed by atoms with van der Waals surface area (Å²) in [6.07, 6.45) is 7.82. The van der Waals surface area contributed by atoms with Crippen molar-refractivity contribution in [2.45, 2.75) is 39.8 Å². The molecule has 0 bridgehead atoms. The van der Waals surface area contributed by atoms with Crippen molar-refractivity contribution in [3.63, 3.8) is 0 Å². The molecule has 134 valence electrons. The second kappa shape index (κ2) is 13.2. The average Bonchev–Trinajstić information content (AvgIpc) is 2.53. The van der Waals surface area contributed by atoms with Crippen LogP contribution in [0, 0.1) is 0 Å². The van der Waals surface area contributed by atoms with Gasteiger partial charge < -0.3 is 15.7 Å². The number of allylic oxidation sites excluding steroid dienone is 5. The van der Waals surface area contributed by atoms with E-state index < -0.39 is 12.1 Å². The Bertz CT molecular complexity index is 534. The van der Waals surface area contributed by atoms with E-state index in [0.29, 0.717) is 24.2 Å². The quantitative estimate of drug-likeness (QED) is 0.303. The van der Waals surface area contributed by atoms with Gasteiger partial charge in [-0.1, -0.05) is 32.6 Å². The first-order chi connectivity index (χ1) is 11.5. The maximum Gasteiger partial charge on any atom is 0.147 e. The predicted octanol–water partition coefficient (Wildman–Crippen LogP) is 4.01. The molecule has 4 nitrogen and oxygen atoms in total. The summed E-state index contributed by atoms with van der Waals surface area (Å²) in [5.74, 6) is -0.385. The fourth-order valence-electron chi connectivity index (χ4n) is 1.67. The van der Waals surface area contributed by atoms with Crippen LogP contribution in [0.5, 0.6) is 0 Å². The molecule has 0 spiro atoms. The molecule has 0 aromatic carbocycles. The number of rotatable bonds is 11. The highest BCUT2D eigenvalue weighted by molar-refractivity contribution is 6.01. The smallest absolute Gasteiger partial charge is 0.147 e. The largest absolute Gasteiger partial charge is 0.370 e. The van der Waals surface area contributed by atoms with Crippen molar-refractivity contribution in [1.82, 2.24) is 10.6 Å². The summed E-state index contributed by atoms with van der Waals surface area (Å²) in [5, 5.41) is 15.8. The zero-order chi connectivity index (χ0) is 18.4. The Balaban J connectivity index is 5.46. The minimum atomic E-state index is -0.949. The van der Waals surface area contributed by atoms with Gasteiger partial charge in [-0.15, -0.1) is 0 Å². The van der Waals surface area contributed by atoms with Gasteiger partial charge in [-0.2, -0.15) is 0 Å². The second-order valence-corrected chi connectivity index (χ2v) is 4.86. The molecule has 0 fully saturated rings. The Morgan fingerprint density at radius 1 is 1.38 bits per heavy atom. The van der Waals surface area contributed by atoms with Crippen LogP contribution in [-0.2, 0) is 0 Å². The van der Waals surface area contributed by atoms with Crippen LogP contribution >= 0.6 is 0 Å². The number of hydrogen-bond donors (Lipinski definition) is 3. The lowest BCUT2D eigenvalue weighted by Gasteiger charge is -2.11. The molecule has 0 aliphatic rings. The Kier molecular flexibility index (Phi) is 12.0. The third-order valence-electron chi connectivity index (χ3n) is 2.84. The van der Waals surface area contributed by atoms with Crippen molar-refractivity contribution in [3.8, 4) is 0 Å². The summed E-state index contributed by atoms with van der Waals surface area (Å²) in [7, 11) is 0. The molecule has 1 atom stereocenters. The van der Waals surface area contributed by atoms with Gasteiger partial charge in [0.25, 0.3) is 0 Å². The Morgan fingerprint density at radius 3 is 2.62 bits per heavy atom. The number of nitrogens with zero attached hydrogens (tertiary/aromatic N) is 1. The zero-order valence-electron chi connectivity index (χ0n) is 14.5. The van der Waals surface area contributed by atoms with E-state index in [0.717, 1.165) is 12.8 Å². The molecule has 0 heterocycles. The molecule has 0 aromatic heterocycles. The van der Waals surface area contributed by atoms with Crippen LogP contribution < -0.4 is 10.6 Å². The van der Waals surface area contributed by atoms with Crippen molar-refractivity contribution in [3.05, 3.63) is 60.6 Å². The van der Waals surface area contributed by atoms with Crippen LogP contribution in [0.25, 0.3) is 0 Å². The molecular formula is C18H27F2N3O. The highest BCUT2D eigenvalue weighted by Gasteiger charge is 2.07. The number of nitrogens with one attached hydrogen (secondary N) is 2. The van der Waals surface area contributed by atoms with Crippen molar-refractivity contribution in [1.29, 1.82) is 0 Å². The number of halogens is 2. The lowest BCUT2D eigenvalue weighted by molar-refractivity contribution is 0.200. The van der Waals surface area contributed by atoms with Gasteiger partial charge in [0.15, 0.2) is 0 Å². The van der Waals surface area contributed by atoms with Gasteiger partial charge in [0, 0.05) is 30.0 Å². The third kappa shape index (κ3) is 9.05. The number of hydrogen-bond acceptors (Lipinski definition) is 4. The molecule has 0 rings (SSSR count). The van der Waals surface area contributed by atoms with Crippen molar-refractivity contribution < 1.29 is 13.9 Å². The van der Waals surface area contributed by atoms with Gasteiger partial charge in [-0.25, -0.2) is 13.8 Å². The second-order valence-electron chi connectivity index (χ2n) is 4.86. The highest BCUT2D eigenvalue weighted by atomic mass is 19.1. The van der Waals surface area contributed by atoms with Crippen LogP contribution in [0.4, 0.5) is 8.78 Å². The third-order valence-corrected chi connectivity index (χ3v) is 2.84. The van der Waals surface area contributed by atoms with E-state index in [9.17, 15) is 13.9 Å². The van der Waals surface area contributed by atoms with Crippen LogP contribution in [0.3, 0.4) is 0 Å². The lowest BCUT2D eigenvalue weighted by Crippen LogP contribution is -2.24. The summed E-state index contributed by atoms with van der Waals surface area (Å²) in [4.78, 5) is 4.27. The predicted molar refractivity (Wildman–Crippen MR) is 96.6 cm³/mol. The van der Waals surface area contributed by atoms with Crippen LogP contribution in [0.15, 0.2) is 65.6 Å². The van der Waals surface area contributed by atoms with E-state index in [-0.39, 0.29) is 11.9 Å². The minimum Gasteiger partial charge on any atom is -0.370 e. The number of aliphatic imine (C=N–C) groups is 1. The first-order valence-electron chi connectivity index (χ1n) is 7.89. The van der Waals surface area contributed by atoms with E-state index in [4.69, 9.17) is 0 Å². The molecule has 0 radical (unpaired) electrons. The molecule has 3 N–H and O–H groups in total.